The van der Waals surface area contributed by atoms with Gasteiger partial charge in [-0.3, -0.25) is 14.7 Å². The van der Waals surface area contributed by atoms with Gasteiger partial charge in [-0.05, 0) is 43.9 Å². The average Bonchev–Trinajstić information content (AvgIpc) is 2.77. The van der Waals surface area contributed by atoms with Crippen LogP contribution in [0.25, 0.3) is 0 Å². The Kier molecular flexibility index (Phi) is 7.33. The highest BCUT2D eigenvalue weighted by atomic mass is 16.5. The van der Waals surface area contributed by atoms with E-state index in [9.17, 15) is 4.79 Å². The lowest BCUT2D eigenvalue weighted by Crippen LogP contribution is -2.37. The topological polar surface area (TPSA) is 54.5 Å². The summed E-state index contributed by atoms with van der Waals surface area (Å²) in [7, 11) is 0. The van der Waals surface area contributed by atoms with Crippen LogP contribution in [-0.2, 0) is 16.1 Å². The Morgan fingerprint density at radius 1 is 1.45 bits per heavy atom. The number of nitrogens with one attached hydrogen (secondary N) is 1. The molecule has 0 bridgehead atoms. The Morgan fingerprint density at radius 2 is 2.36 bits per heavy atom. The zero-order valence-electron chi connectivity index (χ0n) is 13.5. The predicted octanol–water partition coefficient (Wildman–Crippen LogP) is 1.98. The molecule has 1 atom stereocenters. The summed E-state index contributed by atoms with van der Waals surface area (Å²) < 4.78 is 5.84. The monoisotopic (exact) mass is 305 g/mol. The Balaban J connectivity index is 1.68. The van der Waals surface area contributed by atoms with E-state index in [1.807, 2.05) is 12.1 Å². The molecule has 1 amide bonds. The number of carbonyl (C=O) groups is 1. The first kappa shape index (κ1) is 16.9. The van der Waals surface area contributed by atoms with Gasteiger partial charge in [0.15, 0.2) is 0 Å². The van der Waals surface area contributed by atoms with Crippen LogP contribution < -0.4 is 5.32 Å². The number of carbonyl (C=O) groups excluding carboxylic acids is 1. The SMILES string of the molecule is CCCOC1CCCN(CC(=O)NCc2cccnc2)CC1. The van der Waals surface area contributed by atoms with Crippen molar-refractivity contribution in [3.05, 3.63) is 30.1 Å². The second-order valence-corrected chi connectivity index (χ2v) is 5.84. The molecule has 2 heterocycles. The Labute approximate surface area is 133 Å². The minimum Gasteiger partial charge on any atom is -0.378 e. The Morgan fingerprint density at radius 3 is 3.14 bits per heavy atom. The maximum atomic E-state index is 12.0. The van der Waals surface area contributed by atoms with E-state index >= 15 is 0 Å². The molecule has 1 fully saturated rings. The van der Waals surface area contributed by atoms with Crippen LogP contribution in [0.15, 0.2) is 24.5 Å². The molecule has 1 aliphatic rings. The van der Waals surface area contributed by atoms with Gasteiger partial charge in [0.1, 0.15) is 0 Å². The van der Waals surface area contributed by atoms with Crippen LogP contribution >= 0.6 is 0 Å². The summed E-state index contributed by atoms with van der Waals surface area (Å²) in [6.07, 6.45) is 8.18. The van der Waals surface area contributed by atoms with E-state index in [-0.39, 0.29) is 5.91 Å². The van der Waals surface area contributed by atoms with E-state index in [0.29, 0.717) is 19.2 Å². The zero-order valence-corrected chi connectivity index (χ0v) is 13.5. The smallest absolute Gasteiger partial charge is 0.234 e. The van der Waals surface area contributed by atoms with E-state index in [0.717, 1.165) is 50.9 Å². The van der Waals surface area contributed by atoms with Gasteiger partial charge in [-0.2, -0.15) is 0 Å². The fourth-order valence-electron chi connectivity index (χ4n) is 2.70. The number of aromatic nitrogens is 1. The molecule has 1 aliphatic heterocycles. The van der Waals surface area contributed by atoms with E-state index in [4.69, 9.17) is 4.74 Å². The number of likely N-dealkylation sites (tertiary alicyclic amines) is 1. The summed E-state index contributed by atoms with van der Waals surface area (Å²) in [6.45, 7) is 5.91. The summed E-state index contributed by atoms with van der Waals surface area (Å²) in [5.74, 6) is 0.0804. The summed E-state index contributed by atoms with van der Waals surface area (Å²) in [5.41, 5.74) is 1.03. The van der Waals surface area contributed by atoms with Crippen LogP contribution in [-0.4, -0.2) is 48.1 Å². The fourth-order valence-corrected chi connectivity index (χ4v) is 2.70. The van der Waals surface area contributed by atoms with Crippen molar-refractivity contribution in [3.8, 4) is 0 Å². The molecule has 1 unspecified atom stereocenters. The lowest BCUT2D eigenvalue weighted by Gasteiger charge is -2.19. The van der Waals surface area contributed by atoms with Crippen molar-refractivity contribution in [2.75, 3.05) is 26.2 Å². The first-order valence-electron chi connectivity index (χ1n) is 8.27. The number of hydrogen-bond acceptors (Lipinski definition) is 4. The van der Waals surface area contributed by atoms with E-state index in [1.54, 1.807) is 12.4 Å². The van der Waals surface area contributed by atoms with Crippen LogP contribution in [0.3, 0.4) is 0 Å². The lowest BCUT2D eigenvalue weighted by atomic mass is 10.2. The first-order chi connectivity index (χ1) is 10.8. The van der Waals surface area contributed by atoms with E-state index in [2.05, 4.69) is 22.1 Å². The molecule has 1 aromatic rings. The van der Waals surface area contributed by atoms with Crippen molar-refractivity contribution >= 4 is 5.91 Å². The Bertz CT molecular complexity index is 439. The minimum absolute atomic E-state index is 0.0804. The van der Waals surface area contributed by atoms with Gasteiger partial charge >= 0.3 is 0 Å². The second-order valence-electron chi connectivity index (χ2n) is 5.84. The molecular weight excluding hydrogens is 278 g/mol. The van der Waals surface area contributed by atoms with E-state index < -0.39 is 0 Å². The van der Waals surface area contributed by atoms with Crippen LogP contribution in [0.5, 0.6) is 0 Å². The molecule has 22 heavy (non-hydrogen) atoms. The standard InChI is InChI=1S/C17H27N3O2/c1-2-11-22-16-6-4-9-20(10-7-16)14-17(21)19-13-15-5-3-8-18-12-15/h3,5,8,12,16H,2,4,6-7,9-11,13-14H2,1H3,(H,19,21). The fraction of sp³-hybridized carbons (Fsp3) is 0.647. The molecule has 1 N–H and O–H groups in total. The third-order valence-corrected chi connectivity index (χ3v) is 3.91. The van der Waals surface area contributed by atoms with Gasteiger partial charge in [0, 0.05) is 32.1 Å². The third kappa shape index (κ3) is 6.12. The van der Waals surface area contributed by atoms with Crippen LogP contribution in [0, 0.1) is 0 Å². The summed E-state index contributed by atoms with van der Waals surface area (Å²) in [5, 5.41) is 2.96. The largest absolute Gasteiger partial charge is 0.378 e. The van der Waals surface area contributed by atoms with Gasteiger partial charge in [0.25, 0.3) is 0 Å². The predicted molar refractivity (Wildman–Crippen MR) is 86.4 cm³/mol. The summed E-state index contributed by atoms with van der Waals surface area (Å²) in [4.78, 5) is 18.3. The van der Waals surface area contributed by atoms with Crippen molar-refractivity contribution in [1.82, 2.24) is 15.2 Å². The molecule has 0 radical (unpaired) electrons. The number of ether oxygens (including phenoxy) is 1. The molecule has 1 aromatic heterocycles. The first-order valence-corrected chi connectivity index (χ1v) is 8.27. The average molecular weight is 305 g/mol. The molecule has 0 aliphatic carbocycles. The van der Waals surface area contributed by atoms with Crippen LogP contribution in [0.2, 0.25) is 0 Å². The van der Waals surface area contributed by atoms with Crippen molar-refractivity contribution in [1.29, 1.82) is 0 Å². The molecule has 1 saturated heterocycles. The van der Waals surface area contributed by atoms with Crippen LogP contribution in [0.4, 0.5) is 0 Å². The molecule has 0 aromatic carbocycles. The van der Waals surface area contributed by atoms with Gasteiger partial charge in [0.2, 0.25) is 5.91 Å². The van der Waals surface area contributed by atoms with Crippen molar-refractivity contribution in [2.45, 2.75) is 45.3 Å². The molecule has 122 valence electrons. The van der Waals surface area contributed by atoms with Gasteiger partial charge in [-0.25, -0.2) is 0 Å². The normalized spacial score (nSPS) is 19.6. The van der Waals surface area contributed by atoms with Crippen molar-refractivity contribution < 1.29 is 9.53 Å². The molecule has 2 rings (SSSR count). The minimum atomic E-state index is 0.0804. The van der Waals surface area contributed by atoms with Crippen molar-refractivity contribution in [3.63, 3.8) is 0 Å². The number of hydrogen-bond donors (Lipinski definition) is 1. The van der Waals surface area contributed by atoms with Gasteiger partial charge in [-0.1, -0.05) is 13.0 Å². The van der Waals surface area contributed by atoms with Gasteiger partial charge in [0.05, 0.1) is 12.6 Å². The zero-order chi connectivity index (χ0) is 15.6. The number of rotatable bonds is 7. The third-order valence-electron chi connectivity index (χ3n) is 3.91. The molecule has 5 heteroatoms. The number of nitrogens with zero attached hydrogens (tertiary/aromatic N) is 2. The van der Waals surface area contributed by atoms with Gasteiger partial charge in [-0.15, -0.1) is 0 Å². The van der Waals surface area contributed by atoms with E-state index in [1.165, 1.54) is 0 Å². The maximum absolute atomic E-state index is 12.0. The second kappa shape index (κ2) is 9.54. The van der Waals surface area contributed by atoms with Crippen LogP contribution in [0.1, 0.15) is 38.2 Å². The summed E-state index contributed by atoms with van der Waals surface area (Å²) >= 11 is 0. The molecule has 0 spiro atoms. The highest BCUT2D eigenvalue weighted by Crippen LogP contribution is 2.14. The maximum Gasteiger partial charge on any atom is 0.234 e. The van der Waals surface area contributed by atoms with Crippen molar-refractivity contribution in [2.24, 2.45) is 0 Å². The Hall–Kier alpha value is -1.46. The highest BCUT2D eigenvalue weighted by molar-refractivity contribution is 5.77. The lowest BCUT2D eigenvalue weighted by molar-refractivity contribution is -0.122. The molecular formula is C17H27N3O2. The number of pyridine rings is 1. The highest BCUT2D eigenvalue weighted by Gasteiger charge is 2.18. The molecule has 0 saturated carbocycles. The number of amides is 1. The quantitative estimate of drug-likeness (QED) is 0.837. The molecule has 5 nitrogen and oxygen atoms in total. The summed E-state index contributed by atoms with van der Waals surface area (Å²) in [6, 6.07) is 3.85. The van der Waals surface area contributed by atoms with Gasteiger partial charge < -0.3 is 10.1 Å².